The van der Waals surface area contributed by atoms with E-state index in [1.54, 1.807) is 6.20 Å². The van der Waals surface area contributed by atoms with E-state index in [0.717, 1.165) is 28.6 Å². The second kappa shape index (κ2) is 7.41. The fourth-order valence-corrected chi connectivity index (χ4v) is 2.56. The van der Waals surface area contributed by atoms with Crippen molar-refractivity contribution >= 4 is 15.9 Å². The molecule has 0 aliphatic carbocycles. The van der Waals surface area contributed by atoms with Crippen LogP contribution in [0.4, 0.5) is 0 Å². The van der Waals surface area contributed by atoms with Crippen LogP contribution in [0.3, 0.4) is 0 Å². The predicted molar refractivity (Wildman–Crippen MR) is 84.9 cm³/mol. The maximum Gasteiger partial charge on any atom is 0.136 e. The van der Waals surface area contributed by atoms with Crippen LogP contribution < -0.4 is 10.5 Å². The molecule has 0 aliphatic heterocycles. The summed E-state index contributed by atoms with van der Waals surface area (Å²) in [5, 5.41) is 0. The first-order valence-electron chi connectivity index (χ1n) is 6.71. The van der Waals surface area contributed by atoms with Gasteiger partial charge in [-0.15, -0.1) is 0 Å². The van der Waals surface area contributed by atoms with Crippen molar-refractivity contribution in [1.82, 2.24) is 4.98 Å². The molecule has 4 heteroatoms. The van der Waals surface area contributed by atoms with Gasteiger partial charge in [-0.1, -0.05) is 18.2 Å². The Balaban J connectivity index is 2.01. The maximum atomic E-state index is 5.94. The van der Waals surface area contributed by atoms with E-state index in [9.17, 15) is 0 Å². The topological polar surface area (TPSA) is 48.1 Å². The van der Waals surface area contributed by atoms with Crippen LogP contribution in [0.5, 0.6) is 5.75 Å². The molecular formula is C16H19BrN2O. The Morgan fingerprint density at radius 1 is 1.30 bits per heavy atom. The molecule has 106 valence electrons. The largest absolute Gasteiger partial charge is 0.492 e. The summed E-state index contributed by atoms with van der Waals surface area (Å²) in [6.45, 7) is 2.63. The lowest BCUT2D eigenvalue weighted by Gasteiger charge is -2.14. The van der Waals surface area contributed by atoms with Crippen molar-refractivity contribution in [2.75, 3.05) is 6.61 Å². The Kier molecular flexibility index (Phi) is 5.56. The number of hydrogen-bond donors (Lipinski definition) is 1. The molecule has 0 saturated heterocycles. The fraction of sp³-hybridized carbons (Fsp3) is 0.312. The normalized spacial score (nSPS) is 12.2. The number of nitrogens with zero attached hydrogens (tertiary/aromatic N) is 1. The molecular weight excluding hydrogens is 316 g/mol. The van der Waals surface area contributed by atoms with Gasteiger partial charge >= 0.3 is 0 Å². The summed E-state index contributed by atoms with van der Waals surface area (Å²) in [6.07, 6.45) is 5.29. The average Bonchev–Trinajstić information content (AvgIpc) is 2.42. The number of aromatic nitrogens is 1. The number of hydrogen-bond acceptors (Lipinski definition) is 3. The summed E-state index contributed by atoms with van der Waals surface area (Å²) in [4.78, 5) is 4.10. The summed E-state index contributed by atoms with van der Waals surface area (Å²) in [5.74, 6) is 0.897. The number of rotatable bonds is 6. The van der Waals surface area contributed by atoms with Gasteiger partial charge in [0, 0.05) is 24.9 Å². The van der Waals surface area contributed by atoms with Crippen molar-refractivity contribution in [1.29, 1.82) is 0 Å². The van der Waals surface area contributed by atoms with Crippen molar-refractivity contribution in [3.05, 3.63) is 58.3 Å². The van der Waals surface area contributed by atoms with Crippen LogP contribution in [-0.2, 0) is 12.8 Å². The van der Waals surface area contributed by atoms with Crippen LogP contribution in [0.1, 0.15) is 18.1 Å². The first-order chi connectivity index (χ1) is 9.66. The molecule has 0 aliphatic rings. The van der Waals surface area contributed by atoms with Gasteiger partial charge in [-0.2, -0.15) is 0 Å². The molecule has 1 aromatic heterocycles. The molecule has 0 amide bonds. The van der Waals surface area contributed by atoms with Crippen LogP contribution in [0.15, 0.2) is 47.2 Å². The Hall–Kier alpha value is -1.39. The molecule has 1 atom stereocenters. The highest BCUT2D eigenvalue weighted by Crippen LogP contribution is 2.30. The third kappa shape index (κ3) is 4.32. The molecule has 3 nitrogen and oxygen atoms in total. The van der Waals surface area contributed by atoms with Crippen molar-refractivity contribution < 1.29 is 4.74 Å². The van der Waals surface area contributed by atoms with Gasteiger partial charge in [0.15, 0.2) is 0 Å². The van der Waals surface area contributed by atoms with E-state index in [-0.39, 0.29) is 6.04 Å². The minimum Gasteiger partial charge on any atom is -0.492 e. The van der Waals surface area contributed by atoms with Gasteiger partial charge in [-0.25, -0.2) is 0 Å². The third-order valence-corrected chi connectivity index (χ3v) is 3.57. The summed E-state index contributed by atoms with van der Waals surface area (Å²) in [5.41, 5.74) is 8.20. The maximum absolute atomic E-state index is 5.94. The number of ether oxygens (including phenoxy) is 1. The number of pyridine rings is 1. The van der Waals surface area contributed by atoms with Crippen LogP contribution in [-0.4, -0.2) is 17.6 Å². The quantitative estimate of drug-likeness (QED) is 0.881. The standard InChI is InChI=1S/C16H19BrN2O/c1-12(18)10-14-5-2-6-15(17)16(14)20-9-7-13-4-3-8-19-11-13/h2-6,8,11-12H,7,9-10,18H2,1H3. The van der Waals surface area contributed by atoms with E-state index >= 15 is 0 Å². The number of para-hydroxylation sites is 1. The van der Waals surface area contributed by atoms with Gasteiger partial charge in [-0.05, 0) is 52.5 Å². The highest BCUT2D eigenvalue weighted by Gasteiger charge is 2.09. The van der Waals surface area contributed by atoms with E-state index in [1.807, 2.05) is 31.3 Å². The minimum absolute atomic E-state index is 0.116. The van der Waals surface area contributed by atoms with Crippen LogP contribution in [0.2, 0.25) is 0 Å². The first-order valence-corrected chi connectivity index (χ1v) is 7.51. The zero-order chi connectivity index (χ0) is 14.4. The average molecular weight is 335 g/mol. The zero-order valence-electron chi connectivity index (χ0n) is 11.6. The van der Waals surface area contributed by atoms with Gasteiger partial charge in [0.2, 0.25) is 0 Å². The molecule has 0 bridgehead atoms. The summed E-state index contributed by atoms with van der Waals surface area (Å²) >= 11 is 3.55. The summed E-state index contributed by atoms with van der Waals surface area (Å²) in [7, 11) is 0. The van der Waals surface area contributed by atoms with E-state index in [4.69, 9.17) is 10.5 Å². The summed E-state index contributed by atoms with van der Waals surface area (Å²) < 4.78 is 6.92. The fourth-order valence-electron chi connectivity index (χ4n) is 2.04. The molecule has 1 unspecified atom stereocenters. The van der Waals surface area contributed by atoms with E-state index in [0.29, 0.717) is 6.61 Å². The lowest BCUT2D eigenvalue weighted by atomic mass is 10.1. The molecule has 2 N–H and O–H groups in total. The van der Waals surface area contributed by atoms with Gasteiger partial charge in [0.05, 0.1) is 11.1 Å². The first kappa shape index (κ1) is 15.0. The van der Waals surface area contributed by atoms with Crippen molar-refractivity contribution in [2.24, 2.45) is 5.73 Å². The smallest absolute Gasteiger partial charge is 0.136 e. The molecule has 0 fully saturated rings. The molecule has 1 heterocycles. The Bertz CT molecular complexity index is 543. The third-order valence-electron chi connectivity index (χ3n) is 2.95. The molecule has 2 aromatic rings. The molecule has 20 heavy (non-hydrogen) atoms. The second-order valence-corrected chi connectivity index (χ2v) is 5.72. The zero-order valence-corrected chi connectivity index (χ0v) is 13.1. The van der Waals surface area contributed by atoms with Crippen LogP contribution in [0.25, 0.3) is 0 Å². The highest BCUT2D eigenvalue weighted by molar-refractivity contribution is 9.10. The highest BCUT2D eigenvalue weighted by atomic mass is 79.9. The minimum atomic E-state index is 0.116. The number of nitrogens with two attached hydrogens (primary N) is 1. The SMILES string of the molecule is CC(N)Cc1cccc(Br)c1OCCc1cccnc1. The number of benzene rings is 1. The second-order valence-electron chi connectivity index (χ2n) is 4.87. The molecule has 0 saturated carbocycles. The Labute approximate surface area is 128 Å². The van der Waals surface area contributed by atoms with Crippen molar-refractivity contribution in [3.8, 4) is 5.75 Å². The molecule has 2 rings (SSSR count). The lowest BCUT2D eigenvalue weighted by Crippen LogP contribution is -2.18. The van der Waals surface area contributed by atoms with E-state index in [2.05, 4.69) is 33.0 Å². The van der Waals surface area contributed by atoms with Gasteiger partial charge in [-0.3, -0.25) is 4.98 Å². The van der Waals surface area contributed by atoms with Crippen LogP contribution >= 0.6 is 15.9 Å². The van der Waals surface area contributed by atoms with E-state index < -0.39 is 0 Å². The molecule has 0 spiro atoms. The number of halogens is 1. The molecule has 1 aromatic carbocycles. The van der Waals surface area contributed by atoms with Gasteiger partial charge in [0.1, 0.15) is 5.75 Å². The Morgan fingerprint density at radius 2 is 2.15 bits per heavy atom. The summed E-state index contributed by atoms with van der Waals surface area (Å²) in [6, 6.07) is 10.2. The van der Waals surface area contributed by atoms with Crippen molar-refractivity contribution in [3.63, 3.8) is 0 Å². The van der Waals surface area contributed by atoms with Gasteiger partial charge < -0.3 is 10.5 Å². The van der Waals surface area contributed by atoms with Crippen LogP contribution in [0, 0.1) is 0 Å². The Morgan fingerprint density at radius 3 is 2.85 bits per heavy atom. The predicted octanol–water partition coefficient (Wildman–Crippen LogP) is 3.36. The van der Waals surface area contributed by atoms with Crippen molar-refractivity contribution in [2.45, 2.75) is 25.8 Å². The van der Waals surface area contributed by atoms with Gasteiger partial charge in [0.25, 0.3) is 0 Å². The lowest BCUT2D eigenvalue weighted by molar-refractivity contribution is 0.316. The molecule has 0 radical (unpaired) electrons. The monoisotopic (exact) mass is 334 g/mol. The van der Waals surface area contributed by atoms with E-state index in [1.165, 1.54) is 5.56 Å².